The van der Waals surface area contributed by atoms with Crippen LogP contribution >= 0.6 is 0 Å². The van der Waals surface area contributed by atoms with Crippen molar-refractivity contribution in [2.24, 2.45) is 0 Å². The van der Waals surface area contributed by atoms with Crippen LogP contribution in [0, 0.1) is 0 Å². The fourth-order valence-corrected chi connectivity index (χ4v) is 2.91. The van der Waals surface area contributed by atoms with E-state index in [4.69, 9.17) is 28.4 Å². The van der Waals surface area contributed by atoms with Crippen LogP contribution in [-0.2, 0) is 20.7 Å². The molecule has 1 amide bonds. The second kappa shape index (κ2) is 9.73. The smallest absolute Gasteiger partial charge is 0.306 e. The molecule has 0 saturated carbocycles. The first-order chi connectivity index (χ1) is 14.5. The van der Waals surface area contributed by atoms with Gasteiger partial charge in [-0.2, -0.15) is 0 Å². The van der Waals surface area contributed by atoms with Crippen LogP contribution in [0.3, 0.4) is 0 Å². The second-order valence-electron chi connectivity index (χ2n) is 6.31. The fourth-order valence-electron chi connectivity index (χ4n) is 2.91. The summed E-state index contributed by atoms with van der Waals surface area (Å²) in [5.41, 5.74) is 1.34. The van der Waals surface area contributed by atoms with Gasteiger partial charge in [-0.3, -0.25) is 9.59 Å². The molecule has 1 N–H and O–H groups in total. The third-order valence-electron chi connectivity index (χ3n) is 4.37. The predicted molar refractivity (Wildman–Crippen MR) is 107 cm³/mol. The van der Waals surface area contributed by atoms with E-state index in [0.29, 0.717) is 40.9 Å². The Morgan fingerprint density at radius 1 is 0.967 bits per heavy atom. The molecule has 160 valence electrons. The summed E-state index contributed by atoms with van der Waals surface area (Å²) in [5.74, 6) is 1.58. The molecule has 1 heterocycles. The molecule has 1 aliphatic rings. The number of hydrogen-bond donors (Lipinski definition) is 1. The number of fused-ring (bicyclic) bond motifs is 1. The van der Waals surface area contributed by atoms with Crippen LogP contribution in [0.25, 0.3) is 0 Å². The van der Waals surface area contributed by atoms with Gasteiger partial charge < -0.3 is 33.7 Å². The van der Waals surface area contributed by atoms with Gasteiger partial charge in [0.15, 0.2) is 29.6 Å². The van der Waals surface area contributed by atoms with Crippen molar-refractivity contribution in [3.05, 3.63) is 35.9 Å². The number of anilines is 1. The van der Waals surface area contributed by atoms with Crippen LogP contribution in [0.5, 0.6) is 28.7 Å². The molecule has 0 bridgehead atoms. The van der Waals surface area contributed by atoms with Gasteiger partial charge in [0.2, 0.25) is 12.5 Å². The van der Waals surface area contributed by atoms with Crippen molar-refractivity contribution < 1.29 is 38.0 Å². The molecule has 0 unspecified atom stereocenters. The van der Waals surface area contributed by atoms with Gasteiger partial charge in [-0.05, 0) is 24.1 Å². The Balaban J connectivity index is 1.49. The van der Waals surface area contributed by atoms with E-state index in [-0.39, 0.29) is 13.2 Å². The van der Waals surface area contributed by atoms with Gasteiger partial charge in [-0.15, -0.1) is 0 Å². The van der Waals surface area contributed by atoms with Gasteiger partial charge in [-0.25, -0.2) is 0 Å². The number of amides is 1. The van der Waals surface area contributed by atoms with Crippen LogP contribution in [0.1, 0.15) is 12.0 Å². The summed E-state index contributed by atoms with van der Waals surface area (Å²) < 4.78 is 31.3. The number of benzene rings is 2. The molecular formula is C21H23NO8. The molecule has 2 aromatic rings. The Morgan fingerprint density at radius 3 is 2.33 bits per heavy atom. The zero-order chi connectivity index (χ0) is 21.5. The number of nitrogens with one attached hydrogen (secondary N) is 1. The molecule has 2 aromatic carbocycles. The molecule has 0 fully saturated rings. The van der Waals surface area contributed by atoms with E-state index in [9.17, 15) is 9.59 Å². The lowest BCUT2D eigenvalue weighted by atomic mass is 10.1. The number of carbonyl (C=O) groups excluding carboxylic acids is 2. The van der Waals surface area contributed by atoms with Gasteiger partial charge in [-0.1, -0.05) is 6.07 Å². The maximum atomic E-state index is 12.1. The second-order valence-corrected chi connectivity index (χ2v) is 6.31. The highest BCUT2D eigenvalue weighted by Crippen LogP contribution is 2.39. The zero-order valence-corrected chi connectivity index (χ0v) is 17.0. The van der Waals surface area contributed by atoms with Gasteiger partial charge in [0.25, 0.3) is 5.91 Å². The number of esters is 1. The average Bonchev–Trinajstić information content (AvgIpc) is 3.23. The molecule has 9 heteroatoms. The molecule has 0 aromatic heterocycles. The minimum absolute atomic E-state index is 0.136. The predicted octanol–water partition coefficient (Wildman–Crippen LogP) is 2.56. The molecule has 0 aliphatic carbocycles. The third-order valence-corrected chi connectivity index (χ3v) is 4.37. The largest absolute Gasteiger partial charge is 0.493 e. The van der Waals surface area contributed by atoms with Crippen molar-refractivity contribution in [2.45, 2.75) is 12.8 Å². The number of methoxy groups -OCH3 is 3. The minimum Gasteiger partial charge on any atom is -0.493 e. The highest BCUT2D eigenvalue weighted by molar-refractivity contribution is 5.93. The molecule has 3 rings (SSSR count). The van der Waals surface area contributed by atoms with Gasteiger partial charge >= 0.3 is 5.97 Å². The first kappa shape index (κ1) is 21.1. The van der Waals surface area contributed by atoms with E-state index in [1.807, 2.05) is 12.1 Å². The highest BCUT2D eigenvalue weighted by atomic mass is 16.7. The van der Waals surface area contributed by atoms with Crippen molar-refractivity contribution >= 4 is 17.6 Å². The number of carbonyl (C=O) groups is 2. The highest BCUT2D eigenvalue weighted by Gasteiger charge is 2.16. The van der Waals surface area contributed by atoms with E-state index in [0.717, 1.165) is 5.56 Å². The first-order valence-electron chi connectivity index (χ1n) is 9.18. The van der Waals surface area contributed by atoms with Crippen molar-refractivity contribution in [3.8, 4) is 28.7 Å². The fraction of sp³-hybridized carbons (Fsp3) is 0.333. The molecular weight excluding hydrogens is 394 g/mol. The third kappa shape index (κ3) is 5.05. The monoisotopic (exact) mass is 417 g/mol. The Kier molecular flexibility index (Phi) is 6.84. The lowest BCUT2D eigenvalue weighted by Crippen LogP contribution is -2.21. The van der Waals surface area contributed by atoms with Crippen LogP contribution in [0.2, 0.25) is 0 Å². The Hall–Kier alpha value is -3.62. The summed E-state index contributed by atoms with van der Waals surface area (Å²) in [5, 5.41) is 2.64. The van der Waals surface area contributed by atoms with E-state index in [1.165, 1.54) is 21.3 Å². The van der Waals surface area contributed by atoms with E-state index in [1.54, 1.807) is 18.2 Å². The maximum absolute atomic E-state index is 12.1. The summed E-state index contributed by atoms with van der Waals surface area (Å²) in [4.78, 5) is 24.1. The van der Waals surface area contributed by atoms with Crippen LogP contribution in [0.15, 0.2) is 30.3 Å². The Morgan fingerprint density at radius 2 is 1.67 bits per heavy atom. The first-order valence-corrected chi connectivity index (χ1v) is 9.18. The van der Waals surface area contributed by atoms with Gasteiger partial charge in [0.1, 0.15) is 0 Å². The Labute approximate surface area is 173 Å². The summed E-state index contributed by atoms with van der Waals surface area (Å²) in [6.07, 6.45) is 0.598. The van der Waals surface area contributed by atoms with Crippen LogP contribution < -0.4 is 29.0 Å². The number of hydrogen-bond acceptors (Lipinski definition) is 8. The molecule has 0 spiro atoms. The van der Waals surface area contributed by atoms with Gasteiger partial charge in [0, 0.05) is 24.2 Å². The van der Waals surface area contributed by atoms with Crippen molar-refractivity contribution in [1.29, 1.82) is 0 Å². The molecule has 9 nitrogen and oxygen atoms in total. The number of ether oxygens (including phenoxy) is 6. The quantitative estimate of drug-likeness (QED) is 0.621. The van der Waals surface area contributed by atoms with E-state index in [2.05, 4.69) is 5.32 Å². The average molecular weight is 417 g/mol. The number of rotatable bonds is 9. The number of aryl methyl sites for hydroxylation is 1. The zero-order valence-electron chi connectivity index (χ0n) is 17.0. The van der Waals surface area contributed by atoms with Crippen molar-refractivity contribution in [1.82, 2.24) is 0 Å². The van der Waals surface area contributed by atoms with Crippen LogP contribution in [-0.4, -0.2) is 46.6 Å². The molecule has 30 heavy (non-hydrogen) atoms. The Bertz CT molecular complexity index is 902. The summed E-state index contributed by atoms with van der Waals surface area (Å²) >= 11 is 0. The molecule has 0 atom stereocenters. The van der Waals surface area contributed by atoms with E-state index < -0.39 is 18.5 Å². The van der Waals surface area contributed by atoms with Crippen molar-refractivity contribution in [3.63, 3.8) is 0 Å². The normalized spacial score (nSPS) is 11.6. The van der Waals surface area contributed by atoms with Crippen LogP contribution in [0.4, 0.5) is 5.69 Å². The molecule has 0 saturated heterocycles. The standard InChI is InChI=1S/C21H23NO8/c1-25-17-9-14(10-18(26-2)21(17)27-3)22-19(23)11-28-20(24)7-5-13-4-6-15-16(8-13)30-12-29-15/h4,6,8-10H,5,7,11-12H2,1-3H3,(H,22,23). The summed E-state index contributed by atoms with van der Waals surface area (Å²) in [6.45, 7) is -0.210. The van der Waals surface area contributed by atoms with E-state index >= 15 is 0 Å². The SMILES string of the molecule is COc1cc(NC(=O)COC(=O)CCc2ccc3c(c2)OCO3)cc(OC)c1OC. The molecule has 0 radical (unpaired) electrons. The van der Waals surface area contributed by atoms with Gasteiger partial charge in [0.05, 0.1) is 21.3 Å². The summed E-state index contributed by atoms with van der Waals surface area (Å²) in [6, 6.07) is 8.65. The summed E-state index contributed by atoms with van der Waals surface area (Å²) in [7, 11) is 4.44. The van der Waals surface area contributed by atoms with Crippen molar-refractivity contribution in [2.75, 3.05) is 40.0 Å². The molecule has 1 aliphatic heterocycles. The maximum Gasteiger partial charge on any atom is 0.306 e. The lowest BCUT2D eigenvalue weighted by Gasteiger charge is -2.14. The lowest BCUT2D eigenvalue weighted by molar-refractivity contribution is -0.147. The topological polar surface area (TPSA) is 102 Å². The minimum atomic E-state index is -0.485.